The van der Waals surface area contributed by atoms with Crippen molar-refractivity contribution in [3.63, 3.8) is 0 Å². The third-order valence-electron chi connectivity index (χ3n) is 5.21. The number of sulfonamides is 1. The van der Waals surface area contributed by atoms with E-state index in [1.54, 1.807) is 46.7 Å². The van der Waals surface area contributed by atoms with E-state index in [9.17, 15) is 18.3 Å². The number of piperazine rings is 1. The van der Waals surface area contributed by atoms with E-state index in [0.717, 1.165) is 22.6 Å². The Bertz CT molecular complexity index is 1140. The molecule has 0 unspecified atom stereocenters. The van der Waals surface area contributed by atoms with Gasteiger partial charge in [-0.2, -0.15) is 0 Å². The van der Waals surface area contributed by atoms with E-state index in [0.29, 0.717) is 37.4 Å². The van der Waals surface area contributed by atoms with Crippen molar-refractivity contribution in [2.45, 2.75) is 10.8 Å². The number of aliphatic hydroxyl groups is 1. The molecule has 2 aromatic carbocycles. The maximum atomic E-state index is 12.9. The van der Waals surface area contributed by atoms with Crippen molar-refractivity contribution < 1.29 is 18.3 Å². The Kier molecular flexibility index (Phi) is 6.26. The quantitative estimate of drug-likeness (QED) is 0.594. The molecule has 2 N–H and O–H groups in total. The van der Waals surface area contributed by atoms with Crippen molar-refractivity contribution in [1.82, 2.24) is 4.90 Å². The SMILES string of the molecule is O=C(c1ccc(NS(=O)(=O)c2cccs2)cc1)N1CCN(c2ccccc2CO)CC1. The molecule has 1 aliphatic heterocycles. The summed E-state index contributed by atoms with van der Waals surface area (Å²) in [4.78, 5) is 16.9. The second-order valence-electron chi connectivity index (χ2n) is 7.18. The van der Waals surface area contributed by atoms with Gasteiger partial charge in [-0.05, 0) is 41.8 Å². The fraction of sp³-hybridized carbons (Fsp3) is 0.227. The molecule has 162 valence electrons. The highest BCUT2D eigenvalue weighted by molar-refractivity contribution is 7.94. The predicted molar refractivity (Wildman–Crippen MR) is 122 cm³/mol. The number of thiophene rings is 1. The summed E-state index contributed by atoms with van der Waals surface area (Å²) < 4.78 is 27.4. The molecule has 0 bridgehead atoms. The molecule has 7 nitrogen and oxygen atoms in total. The highest BCUT2D eigenvalue weighted by Crippen LogP contribution is 2.23. The Morgan fingerprint density at radius 3 is 2.32 bits per heavy atom. The van der Waals surface area contributed by atoms with Crippen LogP contribution in [0.25, 0.3) is 0 Å². The average Bonchev–Trinajstić information content (AvgIpc) is 3.35. The molecule has 0 saturated carbocycles. The number of aliphatic hydroxyl groups excluding tert-OH is 1. The molecular weight excluding hydrogens is 434 g/mol. The van der Waals surface area contributed by atoms with Crippen LogP contribution in [0.2, 0.25) is 0 Å². The van der Waals surface area contributed by atoms with Crippen LogP contribution in [0.15, 0.2) is 70.3 Å². The molecule has 0 radical (unpaired) electrons. The second-order valence-corrected chi connectivity index (χ2v) is 10.0. The second kappa shape index (κ2) is 9.09. The van der Waals surface area contributed by atoms with Gasteiger partial charge >= 0.3 is 0 Å². The number of para-hydroxylation sites is 1. The van der Waals surface area contributed by atoms with Crippen LogP contribution in [-0.4, -0.2) is 50.5 Å². The molecule has 1 saturated heterocycles. The average molecular weight is 458 g/mol. The number of benzene rings is 2. The minimum atomic E-state index is -3.61. The van der Waals surface area contributed by atoms with Gasteiger partial charge < -0.3 is 14.9 Å². The third-order valence-corrected chi connectivity index (χ3v) is 7.99. The minimum Gasteiger partial charge on any atom is -0.392 e. The first kappa shape index (κ1) is 21.4. The zero-order valence-electron chi connectivity index (χ0n) is 16.8. The number of anilines is 2. The molecule has 1 amide bonds. The summed E-state index contributed by atoms with van der Waals surface area (Å²) in [5.74, 6) is -0.0808. The van der Waals surface area contributed by atoms with Gasteiger partial charge in [0, 0.05) is 48.7 Å². The van der Waals surface area contributed by atoms with Crippen LogP contribution in [0.5, 0.6) is 0 Å². The largest absolute Gasteiger partial charge is 0.392 e. The Hall–Kier alpha value is -2.88. The summed E-state index contributed by atoms with van der Waals surface area (Å²) in [6.07, 6.45) is 0. The van der Waals surface area contributed by atoms with E-state index >= 15 is 0 Å². The van der Waals surface area contributed by atoms with E-state index in [1.807, 2.05) is 24.3 Å². The first-order valence-corrected chi connectivity index (χ1v) is 12.2. The number of hydrogen-bond donors (Lipinski definition) is 2. The number of nitrogens with one attached hydrogen (secondary N) is 1. The van der Waals surface area contributed by atoms with Crippen molar-refractivity contribution in [3.05, 3.63) is 77.2 Å². The van der Waals surface area contributed by atoms with E-state index in [1.165, 1.54) is 0 Å². The lowest BCUT2D eigenvalue weighted by molar-refractivity contribution is 0.0746. The number of nitrogens with zero attached hydrogens (tertiary/aromatic N) is 2. The fourth-order valence-corrected chi connectivity index (χ4v) is 5.64. The Labute approximate surface area is 185 Å². The summed E-state index contributed by atoms with van der Waals surface area (Å²) in [5, 5.41) is 11.3. The first-order valence-electron chi connectivity index (χ1n) is 9.87. The zero-order chi connectivity index (χ0) is 21.8. The van der Waals surface area contributed by atoms with E-state index < -0.39 is 10.0 Å². The molecule has 3 aromatic rings. The monoisotopic (exact) mass is 457 g/mol. The predicted octanol–water partition coefficient (Wildman–Crippen LogP) is 3.00. The highest BCUT2D eigenvalue weighted by atomic mass is 32.2. The Morgan fingerprint density at radius 1 is 0.968 bits per heavy atom. The minimum absolute atomic E-state index is 0.0160. The van der Waals surface area contributed by atoms with Crippen LogP contribution in [0.4, 0.5) is 11.4 Å². The Balaban J connectivity index is 1.38. The van der Waals surface area contributed by atoms with Gasteiger partial charge in [-0.3, -0.25) is 9.52 Å². The van der Waals surface area contributed by atoms with Gasteiger partial charge in [-0.25, -0.2) is 8.42 Å². The van der Waals surface area contributed by atoms with E-state index in [4.69, 9.17) is 0 Å². The van der Waals surface area contributed by atoms with E-state index in [2.05, 4.69) is 9.62 Å². The molecule has 31 heavy (non-hydrogen) atoms. The van der Waals surface area contributed by atoms with Crippen molar-refractivity contribution in [3.8, 4) is 0 Å². The van der Waals surface area contributed by atoms with Crippen molar-refractivity contribution >= 4 is 38.6 Å². The number of carbonyl (C=O) groups is 1. The topological polar surface area (TPSA) is 90.0 Å². The molecule has 0 atom stereocenters. The van der Waals surface area contributed by atoms with Crippen LogP contribution < -0.4 is 9.62 Å². The zero-order valence-corrected chi connectivity index (χ0v) is 18.4. The van der Waals surface area contributed by atoms with Gasteiger partial charge in [-0.15, -0.1) is 11.3 Å². The lowest BCUT2D eigenvalue weighted by Crippen LogP contribution is -2.49. The molecular formula is C22H23N3O4S2. The third kappa shape index (κ3) is 4.73. The van der Waals surface area contributed by atoms with Crippen LogP contribution in [-0.2, 0) is 16.6 Å². The smallest absolute Gasteiger partial charge is 0.271 e. The number of amides is 1. The fourth-order valence-electron chi connectivity index (χ4n) is 3.59. The van der Waals surface area contributed by atoms with Crippen molar-refractivity contribution in [2.24, 2.45) is 0 Å². The van der Waals surface area contributed by atoms with Crippen LogP contribution in [0.3, 0.4) is 0 Å². The standard InChI is InChI=1S/C22H23N3O4S2/c26-16-18-4-1-2-5-20(18)24-11-13-25(14-12-24)22(27)17-7-9-19(10-8-17)23-31(28,29)21-6-3-15-30-21/h1-10,15,23,26H,11-14,16H2. The normalized spacial score (nSPS) is 14.5. The molecule has 1 fully saturated rings. The molecule has 4 rings (SSSR count). The summed E-state index contributed by atoms with van der Waals surface area (Å²) in [6.45, 7) is 2.50. The van der Waals surface area contributed by atoms with Gasteiger partial charge in [-0.1, -0.05) is 24.3 Å². The molecule has 1 aliphatic rings. The van der Waals surface area contributed by atoms with Gasteiger partial charge in [0.2, 0.25) is 0 Å². The molecule has 0 spiro atoms. The van der Waals surface area contributed by atoms with Gasteiger partial charge in [0.1, 0.15) is 4.21 Å². The van der Waals surface area contributed by atoms with Gasteiger partial charge in [0.05, 0.1) is 6.61 Å². The number of rotatable bonds is 6. The van der Waals surface area contributed by atoms with Crippen LogP contribution in [0.1, 0.15) is 15.9 Å². The number of hydrogen-bond acceptors (Lipinski definition) is 6. The molecule has 9 heteroatoms. The lowest BCUT2D eigenvalue weighted by Gasteiger charge is -2.37. The maximum Gasteiger partial charge on any atom is 0.271 e. The Morgan fingerprint density at radius 2 is 1.68 bits per heavy atom. The molecule has 1 aromatic heterocycles. The van der Waals surface area contributed by atoms with Crippen LogP contribution >= 0.6 is 11.3 Å². The van der Waals surface area contributed by atoms with Crippen molar-refractivity contribution in [1.29, 1.82) is 0 Å². The lowest BCUT2D eigenvalue weighted by atomic mass is 10.1. The van der Waals surface area contributed by atoms with Gasteiger partial charge in [0.25, 0.3) is 15.9 Å². The highest BCUT2D eigenvalue weighted by Gasteiger charge is 2.23. The molecule has 0 aliphatic carbocycles. The van der Waals surface area contributed by atoms with Crippen LogP contribution in [0, 0.1) is 0 Å². The molecule has 2 heterocycles. The summed E-state index contributed by atoms with van der Waals surface area (Å²) in [6, 6.07) is 17.5. The van der Waals surface area contributed by atoms with Gasteiger partial charge in [0.15, 0.2) is 0 Å². The maximum absolute atomic E-state index is 12.9. The van der Waals surface area contributed by atoms with E-state index in [-0.39, 0.29) is 16.7 Å². The summed E-state index contributed by atoms with van der Waals surface area (Å²) in [7, 11) is -3.61. The summed E-state index contributed by atoms with van der Waals surface area (Å²) in [5.41, 5.74) is 2.81. The van der Waals surface area contributed by atoms with Crippen molar-refractivity contribution in [2.75, 3.05) is 35.8 Å². The first-order chi connectivity index (χ1) is 15.0. The summed E-state index contributed by atoms with van der Waals surface area (Å²) >= 11 is 1.15. The number of carbonyl (C=O) groups excluding carboxylic acids is 1.